The number of benzene rings is 2. The molecular weight excluding hydrogens is 498 g/mol. The lowest BCUT2D eigenvalue weighted by atomic mass is 9.98. The minimum absolute atomic E-state index is 0.0524. The van der Waals surface area contributed by atoms with Gasteiger partial charge in [-0.15, -0.1) is 0 Å². The van der Waals surface area contributed by atoms with E-state index in [0.29, 0.717) is 11.1 Å². The van der Waals surface area contributed by atoms with Crippen molar-refractivity contribution in [3.05, 3.63) is 65.2 Å². The van der Waals surface area contributed by atoms with E-state index < -0.39 is 62.9 Å². The summed E-state index contributed by atoms with van der Waals surface area (Å²) in [4.78, 5) is 40.2. The molecule has 1 fully saturated rings. The molecule has 0 spiro atoms. The molecule has 1 aliphatic heterocycles. The molecule has 0 saturated carbocycles. The van der Waals surface area contributed by atoms with Crippen molar-refractivity contribution in [1.29, 1.82) is 0 Å². The molecule has 1 aliphatic rings. The molecular formula is C26H33N3O7S. The van der Waals surface area contributed by atoms with Gasteiger partial charge in [0.05, 0.1) is 11.8 Å². The number of rotatable bonds is 7. The van der Waals surface area contributed by atoms with Gasteiger partial charge in [-0.05, 0) is 51.8 Å². The summed E-state index contributed by atoms with van der Waals surface area (Å²) in [7, 11) is -3.77. The third kappa shape index (κ3) is 7.07. The van der Waals surface area contributed by atoms with Crippen LogP contribution >= 0.6 is 0 Å². The fourth-order valence-electron chi connectivity index (χ4n) is 4.14. The van der Waals surface area contributed by atoms with Crippen LogP contribution in [0.3, 0.4) is 0 Å². The van der Waals surface area contributed by atoms with Crippen molar-refractivity contribution >= 4 is 27.6 Å². The van der Waals surface area contributed by atoms with Gasteiger partial charge in [0.2, 0.25) is 5.91 Å². The van der Waals surface area contributed by atoms with Crippen LogP contribution in [0, 0.1) is 6.92 Å². The van der Waals surface area contributed by atoms with Crippen molar-refractivity contribution in [2.75, 3.05) is 11.6 Å². The van der Waals surface area contributed by atoms with Gasteiger partial charge in [0.25, 0.3) is 11.8 Å². The maximum atomic E-state index is 13.4. The fourth-order valence-corrected chi connectivity index (χ4v) is 5.79. The molecule has 1 saturated heterocycles. The summed E-state index contributed by atoms with van der Waals surface area (Å²) in [6.07, 6.45) is -1.79. The second kappa shape index (κ2) is 10.9. The van der Waals surface area contributed by atoms with Gasteiger partial charge in [0, 0.05) is 16.7 Å². The maximum absolute atomic E-state index is 13.4. The Morgan fingerprint density at radius 3 is 2.35 bits per heavy atom. The first-order chi connectivity index (χ1) is 17.2. The number of hydrogen-bond acceptors (Lipinski definition) is 7. The summed E-state index contributed by atoms with van der Waals surface area (Å²) in [6, 6.07) is 10.8. The first kappa shape index (κ1) is 28.1. The lowest BCUT2D eigenvalue weighted by Crippen LogP contribution is -2.57. The largest absolute Gasteiger partial charge is 0.508 e. The minimum atomic E-state index is -3.77. The number of phenolic OH excluding ortho intramolecular Hbond substituents is 1. The highest BCUT2D eigenvalue weighted by Gasteiger charge is 2.46. The Morgan fingerprint density at radius 1 is 1.08 bits per heavy atom. The Kier molecular flexibility index (Phi) is 8.28. The van der Waals surface area contributed by atoms with E-state index in [2.05, 4.69) is 10.6 Å². The number of nitrogens with zero attached hydrogens (tertiary/aromatic N) is 1. The third-order valence-corrected chi connectivity index (χ3v) is 7.50. The topological polar surface area (TPSA) is 153 Å². The third-order valence-electron chi connectivity index (χ3n) is 6.01. The molecule has 2 aromatic rings. The highest BCUT2D eigenvalue weighted by molar-refractivity contribution is 7.91. The molecule has 10 nitrogen and oxygen atoms in total. The molecule has 0 aliphatic carbocycles. The van der Waals surface area contributed by atoms with Crippen LogP contribution in [0.25, 0.3) is 0 Å². The summed E-state index contributed by atoms with van der Waals surface area (Å²) in [5.41, 5.74) is 0.524. The monoisotopic (exact) mass is 531 g/mol. The molecule has 200 valence electrons. The van der Waals surface area contributed by atoms with Crippen LogP contribution in [0.2, 0.25) is 0 Å². The zero-order valence-electron chi connectivity index (χ0n) is 21.3. The van der Waals surface area contributed by atoms with Crippen molar-refractivity contribution in [3.63, 3.8) is 0 Å². The van der Waals surface area contributed by atoms with E-state index in [4.69, 9.17) is 0 Å². The van der Waals surface area contributed by atoms with E-state index in [1.165, 1.54) is 18.2 Å². The van der Waals surface area contributed by atoms with Crippen molar-refractivity contribution in [2.45, 2.75) is 57.8 Å². The number of phenols is 1. The molecule has 4 N–H and O–H groups in total. The van der Waals surface area contributed by atoms with E-state index in [0.717, 1.165) is 4.90 Å². The summed E-state index contributed by atoms with van der Waals surface area (Å²) in [5.74, 6) is -3.62. The SMILES string of the molecule is Cc1c(O)cccc1C(=O)N[C@@H](Cc1ccccc1)[C@H](O)C(=O)N1CS(=O)(=O)CC1C(=O)NC(C)(C)C. The first-order valence-electron chi connectivity index (χ1n) is 11.8. The standard InChI is InChI=1S/C26H33N3O7S/c1-16-18(11-8-12-21(16)30)23(32)27-19(13-17-9-6-5-7-10-17)22(31)25(34)29-15-37(35,36)14-20(29)24(33)28-26(2,3)4/h5-12,19-20,22,30-31H,13-15H2,1-4H3,(H,27,32)(H,28,33)/t19-,20?,22-/m0/s1. The average molecular weight is 532 g/mol. The van der Waals surface area contributed by atoms with Gasteiger partial charge in [-0.2, -0.15) is 0 Å². The maximum Gasteiger partial charge on any atom is 0.255 e. The number of hydrogen-bond donors (Lipinski definition) is 4. The highest BCUT2D eigenvalue weighted by atomic mass is 32.2. The van der Waals surface area contributed by atoms with Gasteiger partial charge >= 0.3 is 0 Å². The van der Waals surface area contributed by atoms with E-state index in [1.54, 1.807) is 58.0 Å². The van der Waals surface area contributed by atoms with Gasteiger partial charge in [0.15, 0.2) is 15.9 Å². The van der Waals surface area contributed by atoms with E-state index >= 15 is 0 Å². The van der Waals surface area contributed by atoms with Crippen molar-refractivity contribution in [1.82, 2.24) is 15.5 Å². The minimum Gasteiger partial charge on any atom is -0.508 e. The molecule has 2 aromatic carbocycles. The number of aliphatic hydroxyl groups is 1. The zero-order valence-corrected chi connectivity index (χ0v) is 22.1. The molecule has 3 amide bonds. The zero-order chi connectivity index (χ0) is 27.5. The molecule has 0 aromatic heterocycles. The number of nitrogens with one attached hydrogen (secondary N) is 2. The van der Waals surface area contributed by atoms with Crippen molar-refractivity contribution < 1.29 is 33.0 Å². The van der Waals surface area contributed by atoms with Crippen LogP contribution in [0.15, 0.2) is 48.5 Å². The fraction of sp³-hybridized carbons (Fsp3) is 0.423. The summed E-state index contributed by atoms with van der Waals surface area (Å²) < 4.78 is 24.8. The first-order valence-corrected chi connectivity index (χ1v) is 13.6. The highest BCUT2D eigenvalue weighted by Crippen LogP contribution is 2.22. The Balaban J connectivity index is 1.90. The van der Waals surface area contributed by atoms with Crippen molar-refractivity contribution in [3.8, 4) is 5.75 Å². The summed E-state index contributed by atoms with van der Waals surface area (Å²) >= 11 is 0. The Bertz CT molecular complexity index is 1270. The molecule has 3 atom stereocenters. The molecule has 1 unspecified atom stereocenters. The summed E-state index contributed by atoms with van der Waals surface area (Å²) in [5, 5.41) is 26.5. The number of carbonyl (C=O) groups excluding carboxylic acids is 3. The van der Waals surface area contributed by atoms with E-state index in [-0.39, 0.29) is 17.7 Å². The Labute approximate surface area is 216 Å². The van der Waals surface area contributed by atoms with Crippen molar-refractivity contribution in [2.24, 2.45) is 0 Å². The second-order valence-corrected chi connectivity index (χ2v) is 12.3. The van der Waals surface area contributed by atoms with Gasteiger partial charge in [-0.3, -0.25) is 14.4 Å². The second-order valence-electron chi connectivity index (χ2n) is 10.3. The van der Waals surface area contributed by atoms with Crippen LogP contribution in [0.5, 0.6) is 5.75 Å². The van der Waals surface area contributed by atoms with Crippen LogP contribution in [0.1, 0.15) is 42.3 Å². The molecule has 11 heteroatoms. The summed E-state index contributed by atoms with van der Waals surface area (Å²) in [6.45, 7) is 6.74. The smallest absolute Gasteiger partial charge is 0.255 e. The quantitative estimate of drug-likeness (QED) is 0.414. The molecule has 37 heavy (non-hydrogen) atoms. The van der Waals surface area contributed by atoms with Gasteiger partial charge in [-0.1, -0.05) is 36.4 Å². The normalized spacial score (nSPS) is 18.6. The predicted molar refractivity (Wildman–Crippen MR) is 137 cm³/mol. The lowest BCUT2D eigenvalue weighted by Gasteiger charge is -2.31. The lowest BCUT2D eigenvalue weighted by molar-refractivity contribution is -0.146. The van der Waals surface area contributed by atoms with E-state index in [1.807, 2.05) is 0 Å². The average Bonchev–Trinajstić information content (AvgIpc) is 3.14. The number of amides is 3. The van der Waals surface area contributed by atoms with Gasteiger partial charge < -0.3 is 25.7 Å². The van der Waals surface area contributed by atoms with Crippen LogP contribution in [0.4, 0.5) is 0 Å². The molecule has 0 radical (unpaired) electrons. The van der Waals surface area contributed by atoms with Crippen LogP contribution in [-0.2, 0) is 25.8 Å². The number of carbonyl (C=O) groups is 3. The number of sulfone groups is 1. The number of aromatic hydroxyl groups is 1. The number of aliphatic hydroxyl groups excluding tert-OH is 1. The van der Waals surface area contributed by atoms with E-state index in [9.17, 15) is 33.0 Å². The Hall–Kier alpha value is -3.44. The van der Waals surface area contributed by atoms with Gasteiger partial charge in [0.1, 0.15) is 17.7 Å². The van der Waals surface area contributed by atoms with Crippen LogP contribution < -0.4 is 10.6 Å². The Morgan fingerprint density at radius 2 is 1.73 bits per heavy atom. The molecule has 3 rings (SSSR count). The predicted octanol–water partition coefficient (Wildman–Crippen LogP) is 0.900. The molecule has 0 bridgehead atoms. The molecule has 1 heterocycles. The van der Waals surface area contributed by atoms with Gasteiger partial charge in [-0.25, -0.2) is 8.42 Å². The van der Waals surface area contributed by atoms with Crippen LogP contribution in [-0.4, -0.2) is 76.6 Å².